The molecule has 2 atom stereocenters. The van der Waals surface area contributed by atoms with Crippen molar-refractivity contribution in [3.05, 3.63) is 65.7 Å². The zero-order chi connectivity index (χ0) is 15.2. The zero-order valence-corrected chi connectivity index (χ0v) is 12.6. The minimum atomic E-state index is -0.216. The molecule has 1 aliphatic rings. The minimum absolute atomic E-state index is 0.216. The van der Waals surface area contributed by atoms with E-state index in [2.05, 4.69) is 5.32 Å². The fraction of sp³-hybridized carbons (Fsp3) is 0.316. The Bertz CT molecular complexity index is 589. The summed E-state index contributed by atoms with van der Waals surface area (Å²) < 4.78 is 5.81. The molecule has 3 rings (SSSR count). The summed E-state index contributed by atoms with van der Waals surface area (Å²) >= 11 is 0. The van der Waals surface area contributed by atoms with Crippen LogP contribution >= 0.6 is 0 Å². The Morgan fingerprint density at radius 2 is 1.82 bits per heavy atom. The highest BCUT2D eigenvalue weighted by Gasteiger charge is 2.15. The second-order valence-corrected chi connectivity index (χ2v) is 5.70. The van der Waals surface area contributed by atoms with Crippen LogP contribution in [0.2, 0.25) is 0 Å². The van der Waals surface area contributed by atoms with Crippen LogP contribution in [0.4, 0.5) is 0 Å². The van der Waals surface area contributed by atoms with Crippen molar-refractivity contribution in [2.45, 2.75) is 24.8 Å². The Morgan fingerprint density at radius 1 is 1.09 bits per heavy atom. The van der Waals surface area contributed by atoms with Crippen molar-refractivity contribution in [3.8, 4) is 5.75 Å². The Morgan fingerprint density at radius 3 is 2.45 bits per heavy atom. The lowest BCUT2D eigenvalue weighted by Crippen LogP contribution is -2.28. The highest BCUT2D eigenvalue weighted by atomic mass is 16.5. The molecule has 22 heavy (non-hydrogen) atoms. The number of carbonyl (C=O) groups is 1. The summed E-state index contributed by atoms with van der Waals surface area (Å²) in [4.78, 5) is 11.5. The smallest absolute Gasteiger partial charge is 0.131 e. The van der Waals surface area contributed by atoms with Gasteiger partial charge in [0.2, 0.25) is 0 Å². The fourth-order valence-electron chi connectivity index (χ4n) is 2.88. The van der Waals surface area contributed by atoms with Crippen molar-refractivity contribution in [1.82, 2.24) is 5.32 Å². The maximum atomic E-state index is 11.5. The van der Waals surface area contributed by atoms with E-state index in [0.29, 0.717) is 12.6 Å². The molecule has 3 nitrogen and oxygen atoms in total. The number of aldehydes is 1. The van der Waals surface area contributed by atoms with Crippen LogP contribution in [0.5, 0.6) is 5.75 Å². The summed E-state index contributed by atoms with van der Waals surface area (Å²) in [6, 6.07) is 18.1. The van der Waals surface area contributed by atoms with E-state index >= 15 is 0 Å². The van der Waals surface area contributed by atoms with Gasteiger partial charge in [-0.25, -0.2) is 0 Å². The number of carbonyl (C=O) groups excluding carboxylic acids is 1. The molecule has 0 amide bonds. The molecular weight excluding hydrogens is 274 g/mol. The maximum absolute atomic E-state index is 11.5. The Labute approximate surface area is 131 Å². The molecule has 1 unspecified atom stereocenters. The van der Waals surface area contributed by atoms with Crippen LogP contribution in [0.3, 0.4) is 0 Å². The van der Waals surface area contributed by atoms with Crippen LogP contribution in [0.15, 0.2) is 54.6 Å². The lowest BCUT2D eigenvalue weighted by atomic mass is 9.93. The lowest BCUT2D eigenvalue weighted by Gasteiger charge is -2.14. The van der Waals surface area contributed by atoms with Crippen molar-refractivity contribution >= 4 is 6.29 Å². The topological polar surface area (TPSA) is 38.3 Å². The molecule has 2 aromatic carbocycles. The van der Waals surface area contributed by atoms with Crippen LogP contribution in [-0.2, 0) is 4.79 Å². The van der Waals surface area contributed by atoms with Gasteiger partial charge in [0.25, 0.3) is 0 Å². The second-order valence-electron chi connectivity index (χ2n) is 5.70. The van der Waals surface area contributed by atoms with Gasteiger partial charge in [0, 0.05) is 6.04 Å². The van der Waals surface area contributed by atoms with Gasteiger partial charge in [-0.05, 0) is 42.6 Å². The number of nitrogens with one attached hydrogen (secondary N) is 1. The lowest BCUT2D eigenvalue weighted by molar-refractivity contribution is -0.108. The van der Waals surface area contributed by atoms with Crippen LogP contribution in [-0.4, -0.2) is 25.5 Å². The van der Waals surface area contributed by atoms with E-state index in [9.17, 15) is 4.79 Å². The maximum Gasteiger partial charge on any atom is 0.131 e. The van der Waals surface area contributed by atoms with Crippen molar-refractivity contribution < 1.29 is 9.53 Å². The van der Waals surface area contributed by atoms with E-state index in [0.717, 1.165) is 29.7 Å². The molecular formula is C19H21NO2. The average Bonchev–Trinajstić information content (AvgIpc) is 3.09. The molecule has 1 fully saturated rings. The van der Waals surface area contributed by atoms with E-state index in [-0.39, 0.29) is 5.92 Å². The highest BCUT2D eigenvalue weighted by Crippen LogP contribution is 2.24. The Kier molecular flexibility index (Phi) is 4.86. The third-order valence-corrected chi connectivity index (χ3v) is 4.15. The van der Waals surface area contributed by atoms with Crippen LogP contribution < -0.4 is 10.1 Å². The summed E-state index contributed by atoms with van der Waals surface area (Å²) in [5.41, 5.74) is 2.01. The van der Waals surface area contributed by atoms with Gasteiger partial charge < -0.3 is 14.8 Å². The first-order chi connectivity index (χ1) is 10.9. The summed E-state index contributed by atoms with van der Waals surface area (Å²) in [7, 11) is 0. The third-order valence-electron chi connectivity index (χ3n) is 4.15. The van der Waals surface area contributed by atoms with Crippen molar-refractivity contribution in [2.75, 3.05) is 13.2 Å². The van der Waals surface area contributed by atoms with Crippen molar-refractivity contribution in [3.63, 3.8) is 0 Å². The standard InChI is InChI=1S/C19H21NO2/c21-13-19(15-5-2-1-3-6-15)16-8-10-18(11-9-16)22-14-17-7-4-12-20-17/h1-3,5-6,8-11,13,17,19-20H,4,7,12,14H2/t17-,19?/m1/s1. The monoisotopic (exact) mass is 295 g/mol. The molecule has 1 saturated heterocycles. The molecule has 0 aliphatic carbocycles. The number of ether oxygens (including phenoxy) is 1. The number of rotatable bonds is 6. The van der Waals surface area contributed by atoms with Gasteiger partial charge in [0.05, 0.1) is 5.92 Å². The summed E-state index contributed by atoms with van der Waals surface area (Å²) in [5.74, 6) is 0.641. The average molecular weight is 295 g/mol. The van der Waals surface area contributed by atoms with Gasteiger partial charge in [-0.3, -0.25) is 0 Å². The molecule has 2 aromatic rings. The molecule has 3 heteroatoms. The Balaban J connectivity index is 1.66. The van der Waals surface area contributed by atoms with Gasteiger partial charge in [-0.15, -0.1) is 0 Å². The molecule has 1 heterocycles. The van der Waals surface area contributed by atoms with Crippen molar-refractivity contribution in [2.24, 2.45) is 0 Å². The van der Waals surface area contributed by atoms with E-state index in [4.69, 9.17) is 4.74 Å². The normalized spacial score (nSPS) is 18.8. The molecule has 0 bridgehead atoms. The van der Waals surface area contributed by atoms with Gasteiger partial charge in [0.1, 0.15) is 18.6 Å². The van der Waals surface area contributed by atoms with Gasteiger partial charge in [-0.1, -0.05) is 42.5 Å². The molecule has 114 valence electrons. The summed E-state index contributed by atoms with van der Waals surface area (Å²) in [6.07, 6.45) is 3.40. The Hall–Kier alpha value is -2.13. The quantitative estimate of drug-likeness (QED) is 0.832. The van der Waals surface area contributed by atoms with E-state index in [1.807, 2.05) is 54.6 Å². The summed E-state index contributed by atoms with van der Waals surface area (Å²) in [6.45, 7) is 1.79. The van der Waals surface area contributed by atoms with Crippen LogP contribution in [0.25, 0.3) is 0 Å². The minimum Gasteiger partial charge on any atom is -0.492 e. The largest absolute Gasteiger partial charge is 0.492 e. The first-order valence-corrected chi connectivity index (χ1v) is 7.83. The number of hydrogen-bond donors (Lipinski definition) is 1. The third kappa shape index (κ3) is 3.55. The summed E-state index contributed by atoms with van der Waals surface area (Å²) in [5, 5.41) is 3.42. The second kappa shape index (κ2) is 7.23. The highest BCUT2D eigenvalue weighted by molar-refractivity contribution is 5.68. The van der Waals surface area contributed by atoms with Gasteiger partial charge >= 0.3 is 0 Å². The van der Waals surface area contributed by atoms with E-state index in [1.165, 1.54) is 12.8 Å². The fourth-order valence-corrected chi connectivity index (χ4v) is 2.88. The molecule has 1 aliphatic heterocycles. The zero-order valence-electron chi connectivity index (χ0n) is 12.6. The predicted octanol–water partition coefficient (Wildman–Crippen LogP) is 3.15. The molecule has 0 radical (unpaired) electrons. The van der Waals surface area contributed by atoms with E-state index < -0.39 is 0 Å². The molecule has 0 aromatic heterocycles. The van der Waals surface area contributed by atoms with Crippen LogP contribution in [0.1, 0.15) is 29.9 Å². The van der Waals surface area contributed by atoms with Crippen molar-refractivity contribution in [1.29, 1.82) is 0 Å². The first-order valence-electron chi connectivity index (χ1n) is 7.83. The predicted molar refractivity (Wildman–Crippen MR) is 87.3 cm³/mol. The molecule has 0 spiro atoms. The SMILES string of the molecule is O=CC(c1ccccc1)c1ccc(OC[C@H]2CCCN2)cc1. The molecule has 1 N–H and O–H groups in total. The first kappa shape index (κ1) is 14.8. The van der Waals surface area contributed by atoms with Gasteiger partial charge in [0.15, 0.2) is 0 Å². The number of hydrogen-bond acceptors (Lipinski definition) is 3. The van der Waals surface area contributed by atoms with Gasteiger partial charge in [-0.2, -0.15) is 0 Å². The molecule has 0 saturated carbocycles. The van der Waals surface area contributed by atoms with E-state index in [1.54, 1.807) is 0 Å². The van der Waals surface area contributed by atoms with Crippen LogP contribution in [0, 0.1) is 0 Å². The number of benzene rings is 2.